The van der Waals surface area contributed by atoms with Gasteiger partial charge in [-0.1, -0.05) is 29.3 Å². The van der Waals surface area contributed by atoms with Crippen LogP contribution in [0.5, 0.6) is 5.75 Å². The van der Waals surface area contributed by atoms with Crippen LogP contribution in [0.3, 0.4) is 0 Å². The Balaban J connectivity index is 2.50. The number of benzene rings is 2. The minimum absolute atomic E-state index is 0.0643. The second kappa shape index (κ2) is 8.50. The van der Waals surface area contributed by atoms with E-state index in [1.165, 1.54) is 31.4 Å². The molecule has 5 nitrogen and oxygen atoms in total. The second-order valence-corrected chi connectivity index (χ2v) is 7.35. The SMILES string of the molecule is CCn1c(C)c(-c2cc(F)ccc2OC)c(=O)c(C(=O)O)c1-c1ccc(Cl)c(Cl)c1. The molecule has 8 heteroatoms. The average molecular weight is 450 g/mol. The van der Waals surface area contributed by atoms with Crippen LogP contribution in [0.4, 0.5) is 4.39 Å². The Morgan fingerprint density at radius 3 is 2.43 bits per heavy atom. The van der Waals surface area contributed by atoms with Crippen molar-refractivity contribution in [1.29, 1.82) is 0 Å². The zero-order valence-corrected chi connectivity index (χ0v) is 17.9. The first-order chi connectivity index (χ1) is 14.2. The van der Waals surface area contributed by atoms with E-state index in [0.717, 1.165) is 6.07 Å². The van der Waals surface area contributed by atoms with Crippen molar-refractivity contribution < 1.29 is 19.0 Å². The first-order valence-corrected chi connectivity index (χ1v) is 9.76. The van der Waals surface area contributed by atoms with Crippen molar-refractivity contribution in [3.63, 3.8) is 0 Å². The van der Waals surface area contributed by atoms with Gasteiger partial charge in [-0.25, -0.2) is 9.18 Å². The molecule has 0 spiro atoms. The molecule has 0 amide bonds. The fourth-order valence-electron chi connectivity index (χ4n) is 3.56. The summed E-state index contributed by atoms with van der Waals surface area (Å²) >= 11 is 12.1. The quantitative estimate of drug-likeness (QED) is 0.545. The van der Waals surface area contributed by atoms with Crippen LogP contribution in [0.25, 0.3) is 22.4 Å². The molecule has 2 aromatic carbocycles. The number of rotatable bonds is 5. The molecule has 0 aliphatic carbocycles. The molecule has 156 valence electrons. The van der Waals surface area contributed by atoms with Crippen LogP contribution in [0.15, 0.2) is 41.2 Å². The van der Waals surface area contributed by atoms with E-state index in [2.05, 4.69) is 0 Å². The molecule has 1 aromatic heterocycles. The maximum absolute atomic E-state index is 14.0. The number of aromatic nitrogens is 1. The summed E-state index contributed by atoms with van der Waals surface area (Å²) < 4.78 is 21.0. The topological polar surface area (TPSA) is 68.5 Å². The van der Waals surface area contributed by atoms with E-state index in [4.69, 9.17) is 27.9 Å². The molecular formula is C22H18Cl2FNO4. The number of halogens is 3. The van der Waals surface area contributed by atoms with Crippen LogP contribution in [-0.4, -0.2) is 22.8 Å². The molecule has 3 rings (SSSR count). The predicted octanol–water partition coefficient (Wildman–Crippen LogP) is 5.66. The number of aromatic carboxylic acids is 1. The molecule has 3 aromatic rings. The normalized spacial score (nSPS) is 10.9. The van der Waals surface area contributed by atoms with Gasteiger partial charge in [0.1, 0.15) is 17.1 Å². The Morgan fingerprint density at radius 1 is 1.17 bits per heavy atom. The first kappa shape index (κ1) is 21.9. The van der Waals surface area contributed by atoms with E-state index in [-0.39, 0.29) is 27.6 Å². The molecule has 0 unspecified atom stereocenters. The first-order valence-electron chi connectivity index (χ1n) is 9.01. The molecule has 0 saturated heterocycles. The van der Waals surface area contributed by atoms with E-state index in [9.17, 15) is 19.1 Å². The average Bonchev–Trinajstić information content (AvgIpc) is 2.69. The van der Waals surface area contributed by atoms with Crippen molar-refractivity contribution in [2.24, 2.45) is 0 Å². The van der Waals surface area contributed by atoms with Crippen LogP contribution in [-0.2, 0) is 6.54 Å². The molecule has 0 aliphatic heterocycles. The monoisotopic (exact) mass is 449 g/mol. The molecule has 1 heterocycles. The minimum atomic E-state index is -1.40. The predicted molar refractivity (Wildman–Crippen MR) is 115 cm³/mol. The number of hydrogen-bond acceptors (Lipinski definition) is 3. The summed E-state index contributed by atoms with van der Waals surface area (Å²) in [5, 5.41) is 10.5. The summed E-state index contributed by atoms with van der Waals surface area (Å²) in [4.78, 5) is 25.6. The van der Waals surface area contributed by atoms with Gasteiger partial charge in [-0.05, 0) is 44.2 Å². The highest BCUT2D eigenvalue weighted by atomic mass is 35.5. The second-order valence-electron chi connectivity index (χ2n) is 6.54. The largest absolute Gasteiger partial charge is 0.496 e. The summed E-state index contributed by atoms with van der Waals surface area (Å²) in [7, 11) is 1.40. The van der Waals surface area contributed by atoms with E-state index < -0.39 is 22.8 Å². The van der Waals surface area contributed by atoms with Gasteiger partial charge in [0.05, 0.1) is 28.4 Å². The number of pyridine rings is 1. The third kappa shape index (κ3) is 3.68. The Labute approximate surface area is 182 Å². The molecular weight excluding hydrogens is 432 g/mol. The summed E-state index contributed by atoms with van der Waals surface area (Å²) in [5.41, 5.74) is 0.167. The molecule has 0 fully saturated rings. The zero-order chi connectivity index (χ0) is 22.2. The number of carboxylic acids is 1. The van der Waals surface area contributed by atoms with Gasteiger partial charge in [-0.15, -0.1) is 0 Å². The Hall–Kier alpha value is -2.83. The standard InChI is InChI=1S/C22H18Cl2FNO4/c1-4-26-11(2)18(14-10-13(25)6-8-17(14)30-3)21(27)19(22(28)29)20(26)12-5-7-15(23)16(24)9-12/h5-10H,4H2,1-3H3,(H,28,29). The van der Waals surface area contributed by atoms with Gasteiger partial charge < -0.3 is 14.4 Å². The molecule has 1 N–H and O–H groups in total. The van der Waals surface area contributed by atoms with Gasteiger partial charge in [0.25, 0.3) is 0 Å². The number of carbonyl (C=O) groups is 1. The van der Waals surface area contributed by atoms with Gasteiger partial charge in [0, 0.05) is 23.4 Å². The van der Waals surface area contributed by atoms with E-state index in [1.54, 1.807) is 17.6 Å². The number of carboxylic acid groups (broad SMARTS) is 1. The highest BCUT2D eigenvalue weighted by Gasteiger charge is 2.27. The van der Waals surface area contributed by atoms with E-state index in [0.29, 0.717) is 22.8 Å². The fraction of sp³-hybridized carbons (Fsp3) is 0.182. The molecule has 0 aliphatic rings. The molecule has 0 radical (unpaired) electrons. The number of nitrogens with zero attached hydrogens (tertiary/aromatic N) is 1. The van der Waals surface area contributed by atoms with Crippen molar-refractivity contribution in [3.8, 4) is 28.1 Å². The summed E-state index contributed by atoms with van der Waals surface area (Å²) in [5.74, 6) is -1.71. The Morgan fingerprint density at radius 2 is 1.87 bits per heavy atom. The minimum Gasteiger partial charge on any atom is -0.496 e. The zero-order valence-electron chi connectivity index (χ0n) is 16.4. The summed E-state index contributed by atoms with van der Waals surface area (Å²) in [6.45, 7) is 3.85. The number of hydrogen-bond donors (Lipinski definition) is 1. The molecule has 30 heavy (non-hydrogen) atoms. The highest BCUT2D eigenvalue weighted by Crippen LogP contribution is 2.35. The lowest BCUT2D eigenvalue weighted by molar-refractivity contribution is 0.0695. The van der Waals surface area contributed by atoms with E-state index >= 15 is 0 Å². The number of methoxy groups -OCH3 is 1. The lowest BCUT2D eigenvalue weighted by Crippen LogP contribution is -2.25. The van der Waals surface area contributed by atoms with Gasteiger partial charge in [0.2, 0.25) is 5.43 Å². The smallest absolute Gasteiger partial charge is 0.341 e. The van der Waals surface area contributed by atoms with Crippen LogP contribution in [0.2, 0.25) is 10.0 Å². The molecule has 0 saturated carbocycles. The van der Waals surface area contributed by atoms with Crippen LogP contribution in [0, 0.1) is 12.7 Å². The Kier molecular flexibility index (Phi) is 6.19. The maximum Gasteiger partial charge on any atom is 0.341 e. The third-order valence-electron chi connectivity index (χ3n) is 4.88. The van der Waals surface area contributed by atoms with Gasteiger partial charge in [0.15, 0.2) is 0 Å². The van der Waals surface area contributed by atoms with Crippen molar-refractivity contribution in [1.82, 2.24) is 4.57 Å². The highest BCUT2D eigenvalue weighted by molar-refractivity contribution is 6.42. The van der Waals surface area contributed by atoms with Crippen LogP contribution >= 0.6 is 23.2 Å². The van der Waals surface area contributed by atoms with Crippen molar-refractivity contribution in [2.75, 3.05) is 7.11 Å². The molecule has 0 atom stereocenters. The maximum atomic E-state index is 14.0. The lowest BCUT2D eigenvalue weighted by atomic mass is 9.95. The Bertz CT molecular complexity index is 1220. The molecule has 0 bridgehead atoms. The summed E-state index contributed by atoms with van der Waals surface area (Å²) in [6.07, 6.45) is 0. The fourth-order valence-corrected chi connectivity index (χ4v) is 3.86. The van der Waals surface area contributed by atoms with Crippen molar-refractivity contribution in [2.45, 2.75) is 20.4 Å². The number of ether oxygens (including phenoxy) is 1. The summed E-state index contributed by atoms with van der Waals surface area (Å²) in [6, 6.07) is 8.41. The van der Waals surface area contributed by atoms with Gasteiger partial charge in [-0.3, -0.25) is 4.79 Å². The van der Waals surface area contributed by atoms with Crippen LogP contribution in [0.1, 0.15) is 23.0 Å². The third-order valence-corrected chi connectivity index (χ3v) is 5.62. The van der Waals surface area contributed by atoms with Gasteiger partial charge in [-0.2, -0.15) is 0 Å². The van der Waals surface area contributed by atoms with E-state index in [1.807, 2.05) is 6.92 Å². The van der Waals surface area contributed by atoms with Crippen molar-refractivity contribution >= 4 is 29.2 Å². The van der Waals surface area contributed by atoms with Crippen molar-refractivity contribution in [3.05, 3.63) is 73.7 Å². The van der Waals surface area contributed by atoms with Crippen LogP contribution < -0.4 is 10.2 Å². The lowest BCUT2D eigenvalue weighted by Gasteiger charge is -2.22. The van der Waals surface area contributed by atoms with Gasteiger partial charge >= 0.3 is 5.97 Å².